The highest BCUT2D eigenvalue weighted by atomic mass is 16.5. The van der Waals surface area contributed by atoms with Crippen molar-refractivity contribution in [2.75, 3.05) is 14.2 Å². The molecule has 104 valence electrons. The Morgan fingerprint density at radius 3 is 2.30 bits per heavy atom. The summed E-state index contributed by atoms with van der Waals surface area (Å²) in [6.45, 7) is 1.90. The predicted molar refractivity (Wildman–Crippen MR) is 72.3 cm³/mol. The van der Waals surface area contributed by atoms with Crippen LogP contribution in [0.1, 0.15) is 27.3 Å². The smallest absolute Gasteiger partial charge is 0.322 e. The third kappa shape index (κ3) is 2.90. The van der Waals surface area contributed by atoms with Gasteiger partial charge >= 0.3 is 12.0 Å². The van der Waals surface area contributed by atoms with Crippen molar-refractivity contribution in [3.8, 4) is 12.0 Å². The maximum atomic E-state index is 11.0. The summed E-state index contributed by atoms with van der Waals surface area (Å²) in [4.78, 5) is 23.3. The molecule has 0 atom stereocenters. The number of carbonyl (C=O) groups excluding carboxylic acids is 1. The standard InChI is InChI=1S/C14H15N3O3/c1-9-10(5-4-6-11(9)8-18)7-12-15-13(19-2)17-14(16-12)20-3/h4-6,8H,7H2,1-3H3. The van der Waals surface area contributed by atoms with Gasteiger partial charge in [-0.25, -0.2) is 0 Å². The Balaban J connectivity index is 2.36. The van der Waals surface area contributed by atoms with E-state index < -0.39 is 0 Å². The lowest BCUT2D eigenvalue weighted by molar-refractivity contribution is 0.112. The van der Waals surface area contributed by atoms with Crippen LogP contribution < -0.4 is 9.47 Å². The molecule has 0 fully saturated rings. The molecule has 0 saturated carbocycles. The topological polar surface area (TPSA) is 74.2 Å². The maximum absolute atomic E-state index is 11.0. The zero-order chi connectivity index (χ0) is 14.5. The second-order valence-electron chi connectivity index (χ2n) is 4.15. The maximum Gasteiger partial charge on any atom is 0.322 e. The first-order valence-electron chi connectivity index (χ1n) is 6.04. The van der Waals surface area contributed by atoms with Crippen molar-refractivity contribution in [2.45, 2.75) is 13.3 Å². The van der Waals surface area contributed by atoms with Crippen LogP contribution in [-0.4, -0.2) is 35.5 Å². The predicted octanol–water partition coefficient (Wildman–Crippen LogP) is 1.60. The van der Waals surface area contributed by atoms with Crippen LogP contribution in [0.4, 0.5) is 0 Å². The summed E-state index contributed by atoms with van der Waals surface area (Å²) in [6, 6.07) is 5.96. The van der Waals surface area contributed by atoms with Crippen molar-refractivity contribution in [3.63, 3.8) is 0 Å². The Bertz CT molecular complexity index is 607. The molecule has 0 aliphatic heterocycles. The summed E-state index contributed by atoms with van der Waals surface area (Å²) < 4.78 is 10.0. The van der Waals surface area contributed by atoms with E-state index in [0.29, 0.717) is 17.8 Å². The number of ether oxygens (including phenoxy) is 2. The summed E-state index contributed by atoms with van der Waals surface area (Å²) in [7, 11) is 2.97. The van der Waals surface area contributed by atoms with Crippen LogP contribution >= 0.6 is 0 Å². The lowest BCUT2D eigenvalue weighted by Crippen LogP contribution is -2.05. The van der Waals surface area contributed by atoms with Crippen molar-refractivity contribution in [1.29, 1.82) is 0 Å². The number of hydrogen-bond acceptors (Lipinski definition) is 6. The van der Waals surface area contributed by atoms with Crippen molar-refractivity contribution < 1.29 is 14.3 Å². The second-order valence-corrected chi connectivity index (χ2v) is 4.15. The molecule has 0 unspecified atom stereocenters. The SMILES string of the molecule is COc1nc(Cc2cccc(C=O)c2C)nc(OC)n1. The van der Waals surface area contributed by atoms with Gasteiger partial charge in [0.25, 0.3) is 0 Å². The molecule has 0 amide bonds. The summed E-state index contributed by atoms with van der Waals surface area (Å²) in [6.07, 6.45) is 1.32. The molecule has 1 heterocycles. The van der Waals surface area contributed by atoms with Crippen molar-refractivity contribution >= 4 is 6.29 Å². The summed E-state index contributed by atoms with van der Waals surface area (Å²) in [5.41, 5.74) is 2.56. The number of rotatable bonds is 5. The average Bonchev–Trinajstić information content (AvgIpc) is 2.49. The van der Waals surface area contributed by atoms with Gasteiger partial charge in [-0.2, -0.15) is 9.97 Å². The lowest BCUT2D eigenvalue weighted by atomic mass is 10.0. The number of hydrogen-bond donors (Lipinski definition) is 0. The van der Waals surface area contributed by atoms with E-state index >= 15 is 0 Å². The molecule has 1 aromatic carbocycles. The normalized spacial score (nSPS) is 10.2. The molecular weight excluding hydrogens is 258 g/mol. The minimum Gasteiger partial charge on any atom is -0.467 e. The van der Waals surface area contributed by atoms with Gasteiger partial charge in [-0.3, -0.25) is 4.79 Å². The first-order valence-corrected chi connectivity index (χ1v) is 6.04. The van der Waals surface area contributed by atoms with Crippen LogP contribution in [0.15, 0.2) is 18.2 Å². The first-order chi connectivity index (χ1) is 9.67. The molecule has 0 aliphatic rings. The second kappa shape index (κ2) is 6.10. The van der Waals surface area contributed by atoms with Gasteiger partial charge in [0, 0.05) is 12.0 Å². The molecule has 20 heavy (non-hydrogen) atoms. The third-order valence-corrected chi connectivity index (χ3v) is 2.97. The molecule has 0 saturated heterocycles. The molecule has 0 N–H and O–H groups in total. The summed E-state index contributed by atoms with van der Waals surface area (Å²) in [5.74, 6) is 0.528. The number of benzene rings is 1. The largest absolute Gasteiger partial charge is 0.467 e. The average molecular weight is 273 g/mol. The van der Waals surface area contributed by atoms with Gasteiger partial charge in [-0.15, -0.1) is 4.98 Å². The zero-order valence-electron chi connectivity index (χ0n) is 11.6. The van der Waals surface area contributed by atoms with Gasteiger partial charge in [-0.1, -0.05) is 18.2 Å². The molecule has 0 spiro atoms. The number of methoxy groups -OCH3 is 2. The molecule has 6 heteroatoms. The highest BCUT2D eigenvalue weighted by Crippen LogP contribution is 2.17. The van der Waals surface area contributed by atoms with E-state index in [2.05, 4.69) is 15.0 Å². The van der Waals surface area contributed by atoms with Crippen molar-refractivity contribution in [1.82, 2.24) is 15.0 Å². The van der Waals surface area contributed by atoms with E-state index in [1.807, 2.05) is 19.1 Å². The van der Waals surface area contributed by atoms with Gasteiger partial charge in [0.2, 0.25) is 0 Å². The van der Waals surface area contributed by atoms with Gasteiger partial charge in [-0.05, 0) is 18.1 Å². The Morgan fingerprint density at radius 1 is 1.10 bits per heavy atom. The Labute approximate surface area is 116 Å². The zero-order valence-corrected chi connectivity index (χ0v) is 11.6. The van der Waals surface area contributed by atoms with Gasteiger partial charge in [0.15, 0.2) is 0 Å². The number of carbonyl (C=O) groups is 1. The minimum absolute atomic E-state index is 0.205. The van der Waals surface area contributed by atoms with Crippen LogP contribution in [0.2, 0.25) is 0 Å². The van der Waals surface area contributed by atoms with E-state index in [9.17, 15) is 4.79 Å². The monoisotopic (exact) mass is 273 g/mol. The summed E-state index contributed by atoms with van der Waals surface area (Å²) in [5, 5.41) is 0. The molecule has 0 radical (unpaired) electrons. The van der Waals surface area contributed by atoms with E-state index in [0.717, 1.165) is 17.4 Å². The molecule has 6 nitrogen and oxygen atoms in total. The van der Waals surface area contributed by atoms with Crippen LogP contribution in [0.25, 0.3) is 0 Å². The number of aldehydes is 1. The highest BCUT2D eigenvalue weighted by Gasteiger charge is 2.10. The molecule has 2 rings (SSSR count). The van der Waals surface area contributed by atoms with Crippen LogP contribution in [0.3, 0.4) is 0 Å². The van der Waals surface area contributed by atoms with Crippen molar-refractivity contribution in [2.24, 2.45) is 0 Å². The Morgan fingerprint density at radius 2 is 1.75 bits per heavy atom. The Kier molecular flexibility index (Phi) is 4.24. The van der Waals surface area contributed by atoms with Crippen LogP contribution in [0.5, 0.6) is 12.0 Å². The van der Waals surface area contributed by atoms with Crippen LogP contribution in [-0.2, 0) is 6.42 Å². The molecule has 0 aliphatic carbocycles. The van der Waals surface area contributed by atoms with Crippen LogP contribution in [0, 0.1) is 6.92 Å². The molecule has 0 bridgehead atoms. The fourth-order valence-corrected chi connectivity index (χ4v) is 1.83. The van der Waals surface area contributed by atoms with Gasteiger partial charge in [0.1, 0.15) is 12.1 Å². The molecule has 2 aromatic rings. The van der Waals surface area contributed by atoms with E-state index in [1.54, 1.807) is 6.07 Å². The fraction of sp³-hybridized carbons (Fsp3) is 0.286. The van der Waals surface area contributed by atoms with E-state index in [-0.39, 0.29) is 12.0 Å². The molecular formula is C14H15N3O3. The van der Waals surface area contributed by atoms with Gasteiger partial charge in [0.05, 0.1) is 14.2 Å². The Hall–Kier alpha value is -2.50. The first kappa shape index (κ1) is 13.9. The van der Waals surface area contributed by atoms with E-state index in [4.69, 9.17) is 9.47 Å². The quantitative estimate of drug-likeness (QED) is 0.770. The fourth-order valence-electron chi connectivity index (χ4n) is 1.83. The number of nitrogens with zero attached hydrogens (tertiary/aromatic N) is 3. The number of aromatic nitrogens is 3. The highest BCUT2D eigenvalue weighted by molar-refractivity contribution is 5.77. The van der Waals surface area contributed by atoms with Crippen molar-refractivity contribution in [3.05, 3.63) is 40.7 Å². The summed E-state index contributed by atoms with van der Waals surface area (Å²) >= 11 is 0. The van der Waals surface area contributed by atoms with Gasteiger partial charge < -0.3 is 9.47 Å². The van der Waals surface area contributed by atoms with E-state index in [1.165, 1.54) is 14.2 Å². The minimum atomic E-state index is 0.205. The lowest BCUT2D eigenvalue weighted by Gasteiger charge is -2.08. The molecule has 1 aromatic heterocycles. The third-order valence-electron chi connectivity index (χ3n) is 2.97.